The van der Waals surface area contributed by atoms with Gasteiger partial charge in [-0.05, 0) is 49.1 Å². The Labute approximate surface area is 177 Å². The molecule has 2 aliphatic rings. The molecule has 2 aliphatic heterocycles. The minimum atomic E-state index is -0.166. The van der Waals surface area contributed by atoms with Gasteiger partial charge in [-0.1, -0.05) is 12.1 Å². The summed E-state index contributed by atoms with van der Waals surface area (Å²) < 4.78 is 5.29. The topological polar surface area (TPSA) is 74.8 Å². The number of pyridine rings is 1. The van der Waals surface area contributed by atoms with E-state index in [0.29, 0.717) is 44.0 Å². The summed E-state index contributed by atoms with van der Waals surface area (Å²) in [6.45, 7) is 4.37. The van der Waals surface area contributed by atoms with Gasteiger partial charge in [0.25, 0.3) is 5.91 Å². The number of hydrogen-bond donors (Lipinski definition) is 1. The molecule has 1 aromatic heterocycles. The van der Waals surface area contributed by atoms with Crippen LogP contribution in [0.1, 0.15) is 35.2 Å². The van der Waals surface area contributed by atoms with E-state index in [0.717, 1.165) is 37.3 Å². The van der Waals surface area contributed by atoms with Crippen LogP contribution in [0.2, 0.25) is 0 Å². The predicted molar refractivity (Wildman–Crippen MR) is 116 cm³/mol. The van der Waals surface area contributed by atoms with Crippen molar-refractivity contribution in [1.29, 1.82) is 0 Å². The second-order valence-electron chi connectivity index (χ2n) is 7.74. The van der Waals surface area contributed by atoms with Crippen molar-refractivity contribution >= 4 is 23.3 Å². The quantitative estimate of drug-likeness (QED) is 0.823. The molecular weight excluding hydrogens is 380 g/mol. The average molecular weight is 409 g/mol. The third-order valence-electron chi connectivity index (χ3n) is 5.62. The molecule has 1 aromatic carbocycles. The van der Waals surface area contributed by atoms with E-state index < -0.39 is 0 Å². The van der Waals surface area contributed by atoms with E-state index in [-0.39, 0.29) is 11.8 Å². The van der Waals surface area contributed by atoms with E-state index in [2.05, 4.69) is 15.2 Å². The second kappa shape index (κ2) is 9.71. The molecule has 2 fully saturated rings. The van der Waals surface area contributed by atoms with Crippen molar-refractivity contribution in [3.05, 3.63) is 53.7 Å². The van der Waals surface area contributed by atoms with E-state index in [9.17, 15) is 9.59 Å². The van der Waals surface area contributed by atoms with E-state index >= 15 is 0 Å². The average Bonchev–Trinajstić information content (AvgIpc) is 2.81. The van der Waals surface area contributed by atoms with Crippen molar-refractivity contribution in [2.75, 3.05) is 49.6 Å². The highest BCUT2D eigenvalue weighted by molar-refractivity contribution is 6.07. The maximum atomic E-state index is 12.9. The number of carbonyl (C=O) groups is 2. The lowest BCUT2D eigenvalue weighted by Gasteiger charge is -2.29. The zero-order valence-electron chi connectivity index (χ0n) is 17.2. The van der Waals surface area contributed by atoms with E-state index in [4.69, 9.17) is 4.74 Å². The number of piperidine rings is 1. The number of nitrogens with zero attached hydrogens (tertiary/aromatic N) is 3. The number of rotatable bonds is 5. The summed E-state index contributed by atoms with van der Waals surface area (Å²) in [6.07, 6.45) is 5.58. The van der Waals surface area contributed by atoms with Gasteiger partial charge in [0.1, 0.15) is 5.82 Å². The van der Waals surface area contributed by atoms with Gasteiger partial charge in [-0.3, -0.25) is 9.59 Å². The van der Waals surface area contributed by atoms with Crippen LogP contribution in [0, 0.1) is 0 Å². The molecule has 7 heteroatoms. The Morgan fingerprint density at radius 1 is 0.967 bits per heavy atom. The third kappa shape index (κ3) is 4.97. The van der Waals surface area contributed by atoms with Crippen molar-refractivity contribution in [2.24, 2.45) is 0 Å². The number of nitrogens with one attached hydrogen (secondary N) is 1. The number of hydrogen-bond acceptors (Lipinski definition) is 5. The molecule has 0 aliphatic carbocycles. The van der Waals surface area contributed by atoms with Crippen LogP contribution in [0.4, 0.5) is 11.5 Å². The van der Waals surface area contributed by atoms with E-state index in [1.807, 2.05) is 35.2 Å². The number of carbonyl (C=O) groups excluding carboxylic acids is 2. The molecule has 2 amide bonds. The van der Waals surface area contributed by atoms with Gasteiger partial charge in [0.2, 0.25) is 5.91 Å². The first kappa shape index (κ1) is 20.3. The van der Waals surface area contributed by atoms with E-state index in [1.165, 1.54) is 6.42 Å². The summed E-state index contributed by atoms with van der Waals surface area (Å²) in [7, 11) is 0. The summed E-state index contributed by atoms with van der Waals surface area (Å²) in [4.78, 5) is 33.8. The summed E-state index contributed by atoms with van der Waals surface area (Å²) in [5.41, 5.74) is 2.22. The molecule has 7 nitrogen and oxygen atoms in total. The first-order chi connectivity index (χ1) is 14.7. The van der Waals surface area contributed by atoms with Gasteiger partial charge in [0, 0.05) is 38.1 Å². The van der Waals surface area contributed by atoms with Crippen molar-refractivity contribution in [3.63, 3.8) is 0 Å². The summed E-state index contributed by atoms with van der Waals surface area (Å²) >= 11 is 0. The molecule has 3 heterocycles. The lowest BCUT2D eigenvalue weighted by atomic mass is 10.1. The predicted octanol–water partition coefficient (Wildman–Crippen LogP) is 2.73. The second-order valence-corrected chi connectivity index (χ2v) is 7.74. The smallest absolute Gasteiger partial charge is 0.259 e. The lowest BCUT2D eigenvalue weighted by Crippen LogP contribution is -2.41. The highest BCUT2D eigenvalue weighted by Crippen LogP contribution is 2.23. The van der Waals surface area contributed by atoms with Crippen LogP contribution in [-0.4, -0.2) is 61.1 Å². The fraction of sp³-hybridized carbons (Fsp3) is 0.435. The van der Waals surface area contributed by atoms with Gasteiger partial charge in [-0.2, -0.15) is 0 Å². The molecule has 0 radical (unpaired) electrons. The number of benzene rings is 1. The van der Waals surface area contributed by atoms with Gasteiger partial charge in [0.15, 0.2) is 0 Å². The van der Waals surface area contributed by atoms with Gasteiger partial charge in [-0.15, -0.1) is 0 Å². The minimum absolute atomic E-state index is 0.108. The highest BCUT2D eigenvalue weighted by Gasteiger charge is 2.20. The maximum Gasteiger partial charge on any atom is 0.259 e. The Kier molecular flexibility index (Phi) is 6.59. The van der Waals surface area contributed by atoms with Crippen molar-refractivity contribution < 1.29 is 14.3 Å². The third-order valence-corrected chi connectivity index (χ3v) is 5.62. The number of aromatic nitrogens is 1. The van der Waals surface area contributed by atoms with Gasteiger partial charge >= 0.3 is 0 Å². The molecule has 0 atom stereocenters. The largest absolute Gasteiger partial charge is 0.378 e. The fourth-order valence-electron chi connectivity index (χ4n) is 3.94. The van der Waals surface area contributed by atoms with Crippen LogP contribution in [0.15, 0.2) is 42.6 Å². The summed E-state index contributed by atoms with van der Waals surface area (Å²) in [5.74, 6) is 0.694. The van der Waals surface area contributed by atoms with E-state index in [1.54, 1.807) is 12.3 Å². The molecule has 30 heavy (non-hydrogen) atoms. The SMILES string of the molecule is O=C(Nc1ccc(CC(=O)N2CCOCC2)cc1)c1cccnc1N1CCCCC1. The number of morpholine rings is 1. The Morgan fingerprint density at radius 2 is 1.70 bits per heavy atom. The van der Waals surface area contributed by atoms with Gasteiger partial charge in [-0.25, -0.2) is 4.98 Å². The Bertz CT molecular complexity index is 872. The number of ether oxygens (including phenoxy) is 1. The minimum Gasteiger partial charge on any atom is -0.378 e. The molecule has 0 unspecified atom stereocenters. The zero-order chi connectivity index (χ0) is 20.8. The number of amides is 2. The Balaban J connectivity index is 1.39. The van der Waals surface area contributed by atoms with Gasteiger partial charge < -0.3 is 19.9 Å². The van der Waals surface area contributed by atoms with Crippen LogP contribution < -0.4 is 10.2 Å². The molecule has 158 valence electrons. The van der Waals surface area contributed by atoms with Crippen molar-refractivity contribution in [2.45, 2.75) is 25.7 Å². The van der Waals surface area contributed by atoms with Crippen LogP contribution >= 0.6 is 0 Å². The normalized spacial score (nSPS) is 16.9. The zero-order valence-corrected chi connectivity index (χ0v) is 17.2. The molecule has 4 rings (SSSR count). The summed E-state index contributed by atoms with van der Waals surface area (Å²) in [5, 5.41) is 2.96. The first-order valence-corrected chi connectivity index (χ1v) is 10.7. The fourth-order valence-corrected chi connectivity index (χ4v) is 3.94. The standard InChI is InChI=1S/C23H28N4O3/c28-21(26-13-15-30-16-14-26)17-18-6-8-19(9-7-18)25-23(29)20-5-4-10-24-22(20)27-11-2-1-3-12-27/h4-10H,1-3,11-17H2,(H,25,29). The molecule has 2 aromatic rings. The highest BCUT2D eigenvalue weighted by atomic mass is 16.5. The maximum absolute atomic E-state index is 12.9. The van der Waals surface area contributed by atoms with Crippen LogP contribution in [0.3, 0.4) is 0 Å². The summed E-state index contributed by atoms with van der Waals surface area (Å²) in [6, 6.07) is 11.1. The Hall–Kier alpha value is -2.93. The molecule has 2 saturated heterocycles. The van der Waals surface area contributed by atoms with Crippen molar-refractivity contribution in [1.82, 2.24) is 9.88 Å². The van der Waals surface area contributed by atoms with Crippen molar-refractivity contribution in [3.8, 4) is 0 Å². The molecule has 1 N–H and O–H groups in total. The van der Waals surface area contributed by atoms with Crippen LogP contribution in [0.5, 0.6) is 0 Å². The molecule has 0 spiro atoms. The monoisotopic (exact) mass is 408 g/mol. The molecular formula is C23H28N4O3. The Morgan fingerprint density at radius 3 is 2.43 bits per heavy atom. The molecule has 0 saturated carbocycles. The molecule has 0 bridgehead atoms. The number of anilines is 2. The lowest BCUT2D eigenvalue weighted by molar-refractivity contribution is -0.134. The van der Waals surface area contributed by atoms with Crippen LogP contribution in [0.25, 0.3) is 0 Å². The van der Waals surface area contributed by atoms with Gasteiger partial charge in [0.05, 0.1) is 25.2 Å². The van der Waals surface area contributed by atoms with Crippen LogP contribution in [-0.2, 0) is 16.0 Å². The first-order valence-electron chi connectivity index (χ1n) is 10.7.